The molecule has 21 heavy (non-hydrogen) atoms. The molecule has 6 heteroatoms. The lowest BCUT2D eigenvalue weighted by Gasteiger charge is -2.15. The van der Waals surface area contributed by atoms with Crippen LogP contribution in [0.2, 0.25) is 0 Å². The zero-order valence-electron chi connectivity index (χ0n) is 11.4. The lowest BCUT2D eigenvalue weighted by Crippen LogP contribution is -2.27. The van der Waals surface area contributed by atoms with E-state index in [-0.39, 0.29) is 11.8 Å². The summed E-state index contributed by atoms with van der Waals surface area (Å²) in [4.78, 5) is 25.2. The number of hydrogen-bond donors (Lipinski definition) is 2. The van der Waals surface area contributed by atoms with Crippen molar-refractivity contribution in [3.8, 4) is 0 Å². The molecule has 1 fully saturated rings. The van der Waals surface area contributed by atoms with Crippen molar-refractivity contribution in [3.05, 3.63) is 34.7 Å². The summed E-state index contributed by atoms with van der Waals surface area (Å²) < 4.78 is 0.982. The quantitative estimate of drug-likeness (QED) is 0.903. The average Bonchev–Trinajstić information content (AvgIpc) is 3.05. The Morgan fingerprint density at radius 1 is 1.38 bits per heavy atom. The molecular formula is C15H16N2O3S. The Balaban J connectivity index is 1.91. The van der Waals surface area contributed by atoms with Crippen molar-refractivity contribution in [2.75, 3.05) is 13.1 Å². The van der Waals surface area contributed by atoms with E-state index < -0.39 is 5.97 Å². The number of primary amides is 1. The van der Waals surface area contributed by atoms with Crippen LogP contribution in [0.15, 0.2) is 24.3 Å². The van der Waals surface area contributed by atoms with Crippen molar-refractivity contribution >= 4 is 33.3 Å². The fourth-order valence-electron chi connectivity index (χ4n) is 2.86. The molecule has 1 aromatic heterocycles. The highest BCUT2D eigenvalue weighted by Crippen LogP contribution is 2.33. The monoisotopic (exact) mass is 304 g/mol. The Bertz CT molecular complexity index is 710. The maximum atomic E-state index is 11.5. The summed E-state index contributed by atoms with van der Waals surface area (Å²) in [6, 6.07) is 7.72. The average molecular weight is 304 g/mol. The normalized spacial score (nSPS) is 19.1. The van der Waals surface area contributed by atoms with Gasteiger partial charge in [-0.1, -0.05) is 18.2 Å². The number of aromatic carboxylic acids is 1. The summed E-state index contributed by atoms with van der Waals surface area (Å²) in [7, 11) is 0. The van der Waals surface area contributed by atoms with Crippen molar-refractivity contribution in [1.29, 1.82) is 0 Å². The molecule has 1 saturated heterocycles. The number of carboxylic acid groups (broad SMARTS) is 1. The van der Waals surface area contributed by atoms with Gasteiger partial charge in [0.25, 0.3) is 0 Å². The molecule has 0 bridgehead atoms. The Labute approximate surface area is 126 Å². The van der Waals surface area contributed by atoms with Crippen LogP contribution in [0.25, 0.3) is 10.1 Å². The highest BCUT2D eigenvalue weighted by atomic mass is 32.1. The van der Waals surface area contributed by atoms with Gasteiger partial charge in [-0.3, -0.25) is 9.69 Å². The molecule has 3 N–H and O–H groups in total. The molecule has 0 aliphatic carbocycles. The topological polar surface area (TPSA) is 83.6 Å². The van der Waals surface area contributed by atoms with Crippen molar-refractivity contribution in [1.82, 2.24) is 4.90 Å². The molecule has 2 heterocycles. The Morgan fingerprint density at radius 3 is 2.81 bits per heavy atom. The molecule has 1 aliphatic rings. The van der Waals surface area contributed by atoms with Gasteiger partial charge in [-0.05, 0) is 30.0 Å². The predicted octanol–water partition coefficient (Wildman–Crippen LogP) is 1.91. The molecule has 1 aliphatic heterocycles. The molecular weight excluding hydrogens is 288 g/mol. The van der Waals surface area contributed by atoms with Crippen LogP contribution in [0, 0.1) is 5.92 Å². The largest absolute Gasteiger partial charge is 0.477 e. The molecule has 1 unspecified atom stereocenters. The first-order valence-corrected chi connectivity index (χ1v) is 7.63. The second-order valence-corrected chi connectivity index (χ2v) is 6.39. The van der Waals surface area contributed by atoms with Gasteiger partial charge in [0.1, 0.15) is 4.88 Å². The van der Waals surface area contributed by atoms with Gasteiger partial charge < -0.3 is 10.8 Å². The standard InChI is InChI=1S/C15H16N2O3S/c16-14(18)9-5-6-17(7-9)8-11-10-3-1-2-4-12(10)21-13(11)15(19)20/h1-4,9H,5-8H2,(H2,16,18)(H,19,20). The number of nitrogens with zero attached hydrogens (tertiary/aromatic N) is 1. The highest BCUT2D eigenvalue weighted by Gasteiger charge is 2.28. The number of rotatable bonds is 4. The number of hydrogen-bond acceptors (Lipinski definition) is 4. The van der Waals surface area contributed by atoms with E-state index in [1.54, 1.807) is 0 Å². The van der Waals surface area contributed by atoms with Gasteiger partial charge in [0, 0.05) is 17.8 Å². The van der Waals surface area contributed by atoms with Gasteiger partial charge in [-0.25, -0.2) is 4.79 Å². The van der Waals surface area contributed by atoms with E-state index in [4.69, 9.17) is 5.73 Å². The molecule has 0 spiro atoms. The number of carbonyl (C=O) groups excluding carboxylic acids is 1. The lowest BCUT2D eigenvalue weighted by atomic mass is 10.1. The number of carboxylic acids is 1. The SMILES string of the molecule is NC(=O)C1CCN(Cc2c(C(=O)O)sc3ccccc23)C1. The van der Waals surface area contributed by atoms with Crippen LogP contribution in [-0.2, 0) is 11.3 Å². The van der Waals surface area contributed by atoms with Gasteiger partial charge in [0.05, 0.1) is 5.92 Å². The summed E-state index contributed by atoms with van der Waals surface area (Å²) in [6.45, 7) is 1.94. The number of benzene rings is 1. The third kappa shape index (κ3) is 2.64. The third-order valence-electron chi connectivity index (χ3n) is 3.95. The van der Waals surface area contributed by atoms with E-state index in [0.29, 0.717) is 18.0 Å². The second kappa shape index (κ2) is 5.46. The minimum atomic E-state index is -0.892. The van der Waals surface area contributed by atoms with Crippen LogP contribution in [0.1, 0.15) is 21.7 Å². The van der Waals surface area contributed by atoms with Gasteiger partial charge in [0.2, 0.25) is 5.91 Å². The van der Waals surface area contributed by atoms with Gasteiger partial charge in [0.15, 0.2) is 0 Å². The third-order valence-corrected chi connectivity index (χ3v) is 5.15. The first kappa shape index (κ1) is 14.0. The highest BCUT2D eigenvalue weighted by molar-refractivity contribution is 7.21. The summed E-state index contributed by atoms with van der Waals surface area (Å²) >= 11 is 1.30. The van der Waals surface area contributed by atoms with Crippen LogP contribution in [0.3, 0.4) is 0 Å². The van der Waals surface area contributed by atoms with E-state index in [1.807, 2.05) is 24.3 Å². The molecule has 1 atom stereocenters. The molecule has 0 radical (unpaired) electrons. The Kier molecular flexibility index (Phi) is 3.65. The minimum Gasteiger partial charge on any atom is -0.477 e. The van der Waals surface area contributed by atoms with E-state index >= 15 is 0 Å². The number of amides is 1. The number of nitrogens with two attached hydrogens (primary N) is 1. The van der Waals surface area contributed by atoms with Crippen LogP contribution in [0.5, 0.6) is 0 Å². The van der Waals surface area contributed by atoms with Gasteiger partial charge in [-0.15, -0.1) is 11.3 Å². The van der Waals surface area contributed by atoms with Crippen molar-refractivity contribution in [2.45, 2.75) is 13.0 Å². The lowest BCUT2D eigenvalue weighted by molar-refractivity contribution is -0.121. The molecule has 1 aromatic carbocycles. The second-order valence-electron chi connectivity index (χ2n) is 5.33. The summed E-state index contributed by atoms with van der Waals surface area (Å²) in [5.74, 6) is -1.29. The van der Waals surface area contributed by atoms with Gasteiger partial charge >= 0.3 is 5.97 Å². The van der Waals surface area contributed by atoms with E-state index in [9.17, 15) is 14.7 Å². The van der Waals surface area contributed by atoms with Crippen LogP contribution in [0.4, 0.5) is 0 Å². The molecule has 0 saturated carbocycles. The van der Waals surface area contributed by atoms with Crippen molar-refractivity contribution in [3.63, 3.8) is 0 Å². The Morgan fingerprint density at radius 2 is 2.14 bits per heavy atom. The zero-order valence-corrected chi connectivity index (χ0v) is 12.2. The molecule has 1 amide bonds. The summed E-state index contributed by atoms with van der Waals surface area (Å²) in [5.41, 5.74) is 6.19. The number of fused-ring (bicyclic) bond motifs is 1. The first-order chi connectivity index (χ1) is 10.1. The number of likely N-dealkylation sites (tertiary alicyclic amines) is 1. The molecule has 2 aromatic rings. The van der Waals surface area contributed by atoms with E-state index in [2.05, 4.69) is 4.90 Å². The first-order valence-electron chi connectivity index (χ1n) is 6.81. The number of thiophene rings is 1. The fraction of sp³-hybridized carbons (Fsp3) is 0.333. The molecule has 5 nitrogen and oxygen atoms in total. The minimum absolute atomic E-state index is 0.122. The summed E-state index contributed by atoms with van der Waals surface area (Å²) in [6.07, 6.45) is 0.750. The van der Waals surface area contributed by atoms with Crippen LogP contribution >= 0.6 is 11.3 Å². The molecule has 110 valence electrons. The molecule has 3 rings (SSSR count). The maximum Gasteiger partial charge on any atom is 0.346 e. The maximum absolute atomic E-state index is 11.5. The zero-order chi connectivity index (χ0) is 15.0. The van der Waals surface area contributed by atoms with Crippen LogP contribution in [-0.4, -0.2) is 35.0 Å². The fourth-order valence-corrected chi connectivity index (χ4v) is 3.91. The van der Waals surface area contributed by atoms with Crippen molar-refractivity contribution < 1.29 is 14.7 Å². The van der Waals surface area contributed by atoms with E-state index in [1.165, 1.54) is 11.3 Å². The summed E-state index contributed by atoms with van der Waals surface area (Å²) in [5, 5.41) is 10.4. The smallest absolute Gasteiger partial charge is 0.346 e. The van der Waals surface area contributed by atoms with Gasteiger partial charge in [-0.2, -0.15) is 0 Å². The van der Waals surface area contributed by atoms with Crippen LogP contribution < -0.4 is 5.73 Å². The van der Waals surface area contributed by atoms with Crippen molar-refractivity contribution in [2.24, 2.45) is 11.7 Å². The predicted molar refractivity (Wildman–Crippen MR) is 81.4 cm³/mol. The van der Waals surface area contributed by atoms with E-state index in [0.717, 1.165) is 28.6 Å². The Hall–Kier alpha value is -1.92. The number of carbonyl (C=O) groups is 2.